The first-order valence-electron chi connectivity index (χ1n) is 19.0. The summed E-state index contributed by atoms with van der Waals surface area (Å²) in [5.41, 5.74) is 0. The molecule has 0 aromatic carbocycles. The number of likely N-dealkylation sites (N-methyl/N-ethyl adjacent to an activating group) is 1. The molecular weight excluding hydrogens is 637 g/mol. The van der Waals surface area contributed by atoms with Crippen molar-refractivity contribution in [3.8, 4) is 0 Å². The van der Waals surface area contributed by atoms with E-state index in [-0.39, 0.29) is 25.8 Å². The second-order valence-electron chi connectivity index (χ2n) is 13.6. The Balaban J connectivity index is 4.11. The van der Waals surface area contributed by atoms with Crippen molar-refractivity contribution in [1.82, 2.24) is 0 Å². The molecule has 8 nitrogen and oxygen atoms in total. The van der Waals surface area contributed by atoms with Crippen molar-refractivity contribution in [2.24, 2.45) is 0 Å². The van der Waals surface area contributed by atoms with Crippen LogP contribution in [0.15, 0.2) is 60.8 Å². The second kappa shape index (κ2) is 33.3. The Labute approximate surface area is 300 Å². The summed E-state index contributed by atoms with van der Waals surface area (Å²) < 4.78 is 34.6. The van der Waals surface area contributed by atoms with Gasteiger partial charge < -0.3 is 18.9 Å². The number of ether oxygens (including phenoxy) is 2. The summed E-state index contributed by atoms with van der Waals surface area (Å²) in [6, 6.07) is 0. The molecule has 0 saturated heterocycles. The lowest BCUT2D eigenvalue weighted by molar-refractivity contribution is -0.870. The Morgan fingerprint density at radius 2 is 1.18 bits per heavy atom. The molecule has 0 fully saturated rings. The number of allylic oxidation sites excluding steroid dienone is 10. The van der Waals surface area contributed by atoms with Crippen LogP contribution in [0.4, 0.5) is 0 Å². The van der Waals surface area contributed by atoms with E-state index in [1.54, 1.807) is 0 Å². The fraction of sp³-hybridized carbons (Fsp3) is 0.725. The maximum atomic E-state index is 12.4. The summed E-state index contributed by atoms with van der Waals surface area (Å²) in [5, 5.41) is 0. The fourth-order valence-corrected chi connectivity index (χ4v) is 5.38. The summed E-state index contributed by atoms with van der Waals surface area (Å²) in [6.45, 7) is 5.35. The van der Waals surface area contributed by atoms with Crippen molar-refractivity contribution in [2.75, 3.05) is 54.1 Å². The molecule has 1 N–H and O–H groups in total. The van der Waals surface area contributed by atoms with E-state index >= 15 is 0 Å². The lowest BCUT2D eigenvalue weighted by Crippen LogP contribution is -2.37. The molecule has 0 saturated carbocycles. The number of phosphoric acid groups is 1. The van der Waals surface area contributed by atoms with E-state index in [1.807, 2.05) is 21.1 Å². The van der Waals surface area contributed by atoms with Gasteiger partial charge in [-0.1, -0.05) is 126 Å². The highest BCUT2D eigenvalue weighted by Gasteiger charge is 2.26. The number of rotatable bonds is 34. The van der Waals surface area contributed by atoms with Gasteiger partial charge in [0.1, 0.15) is 19.3 Å². The van der Waals surface area contributed by atoms with Gasteiger partial charge in [-0.25, -0.2) is 4.57 Å². The molecular formula is C40H73NO7P+. The SMILES string of the molecule is CC/C=C\C/C=C\C/C=C\C/C=C\C/C=C\CCCCCCCCOCC(COP(=O)(O)OCC[N+](C)(C)C)OC(=O)CCCCCCC. The van der Waals surface area contributed by atoms with Gasteiger partial charge in [-0.3, -0.25) is 13.8 Å². The third-order valence-electron chi connectivity index (χ3n) is 7.59. The highest BCUT2D eigenvalue weighted by atomic mass is 31.2. The van der Waals surface area contributed by atoms with Gasteiger partial charge >= 0.3 is 13.8 Å². The molecule has 0 spiro atoms. The molecule has 0 rings (SSSR count). The van der Waals surface area contributed by atoms with Crippen molar-refractivity contribution in [3.05, 3.63) is 60.8 Å². The minimum atomic E-state index is -4.26. The van der Waals surface area contributed by atoms with Gasteiger partial charge in [0.15, 0.2) is 0 Å². The predicted molar refractivity (Wildman–Crippen MR) is 205 cm³/mol. The third kappa shape index (κ3) is 37.3. The van der Waals surface area contributed by atoms with Gasteiger partial charge in [-0.2, -0.15) is 0 Å². The van der Waals surface area contributed by atoms with Crippen LogP contribution in [-0.4, -0.2) is 75.6 Å². The normalized spacial score (nSPS) is 14.7. The van der Waals surface area contributed by atoms with Crippen LogP contribution >= 0.6 is 7.82 Å². The molecule has 0 aliphatic rings. The van der Waals surface area contributed by atoms with E-state index in [9.17, 15) is 14.3 Å². The first-order valence-corrected chi connectivity index (χ1v) is 20.5. The number of carbonyl (C=O) groups excluding carboxylic acids is 1. The molecule has 0 aromatic heterocycles. The monoisotopic (exact) mass is 711 g/mol. The first-order chi connectivity index (χ1) is 23.6. The zero-order chi connectivity index (χ0) is 36.3. The smallest absolute Gasteiger partial charge is 0.457 e. The van der Waals surface area contributed by atoms with E-state index in [0.29, 0.717) is 24.1 Å². The summed E-state index contributed by atoms with van der Waals surface area (Å²) in [6.07, 6.45) is 40.0. The van der Waals surface area contributed by atoms with Crippen LogP contribution in [0.3, 0.4) is 0 Å². The molecule has 2 unspecified atom stereocenters. The Hall–Kier alpha value is -1.80. The van der Waals surface area contributed by atoms with Crippen molar-refractivity contribution in [2.45, 2.75) is 136 Å². The van der Waals surface area contributed by atoms with Gasteiger partial charge in [-0.15, -0.1) is 0 Å². The minimum absolute atomic E-state index is 0.0827. The van der Waals surface area contributed by atoms with Crippen LogP contribution in [0.2, 0.25) is 0 Å². The molecule has 0 aliphatic heterocycles. The van der Waals surface area contributed by atoms with Crippen LogP contribution in [0.25, 0.3) is 0 Å². The number of carbonyl (C=O) groups is 1. The Bertz CT molecular complexity index is 968. The zero-order valence-corrected chi connectivity index (χ0v) is 32.8. The largest absolute Gasteiger partial charge is 0.472 e. The minimum Gasteiger partial charge on any atom is -0.457 e. The van der Waals surface area contributed by atoms with Crippen LogP contribution in [0, 0.1) is 0 Å². The van der Waals surface area contributed by atoms with Crippen molar-refractivity contribution < 1.29 is 37.3 Å². The maximum Gasteiger partial charge on any atom is 0.472 e. The van der Waals surface area contributed by atoms with Crippen LogP contribution < -0.4 is 0 Å². The fourth-order valence-electron chi connectivity index (χ4n) is 4.64. The topological polar surface area (TPSA) is 91.3 Å². The molecule has 0 bridgehead atoms. The van der Waals surface area contributed by atoms with Crippen LogP contribution in [-0.2, 0) is 27.9 Å². The van der Waals surface area contributed by atoms with Crippen molar-refractivity contribution in [3.63, 3.8) is 0 Å². The highest BCUT2D eigenvalue weighted by Crippen LogP contribution is 2.43. The molecule has 2 atom stereocenters. The van der Waals surface area contributed by atoms with Gasteiger partial charge in [0, 0.05) is 13.0 Å². The number of hydrogen-bond donors (Lipinski definition) is 1. The average molecular weight is 711 g/mol. The number of hydrogen-bond acceptors (Lipinski definition) is 6. The number of unbranched alkanes of at least 4 members (excludes halogenated alkanes) is 10. The summed E-state index contributed by atoms with van der Waals surface area (Å²) in [4.78, 5) is 22.5. The Morgan fingerprint density at radius 3 is 1.78 bits per heavy atom. The first kappa shape index (κ1) is 47.2. The Kier molecular flexibility index (Phi) is 32.1. The molecule has 0 heterocycles. The maximum absolute atomic E-state index is 12.4. The molecule has 0 amide bonds. The van der Waals surface area contributed by atoms with Gasteiger partial charge in [0.2, 0.25) is 0 Å². The summed E-state index contributed by atoms with van der Waals surface area (Å²) in [7, 11) is 1.64. The van der Waals surface area contributed by atoms with E-state index in [4.69, 9.17) is 18.5 Å². The number of esters is 1. The average Bonchev–Trinajstić information content (AvgIpc) is 3.04. The van der Waals surface area contributed by atoms with E-state index in [1.165, 1.54) is 19.3 Å². The standard InChI is InChI=1S/C40H72NO7P/c1-6-8-10-12-13-14-15-16-17-18-19-20-21-22-23-24-25-26-27-28-30-32-35-45-37-39(48-40(42)33-31-29-11-9-7-2)38-47-49(43,44)46-36-34-41(3,4)5/h8,10,13-14,16-17,19-20,22-23,39H,6-7,9,11-12,15,18,21,24-38H2,1-5H3/p+1/b10-8-,14-13-,17-16-,20-19-,23-22-. The number of quaternary nitrogens is 1. The third-order valence-corrected chi connectivity index (χ3v) is 8.58. The number of phosphoric ester groups is 1. The van der Waals surface area contributed by atoms with Crippen LogP contribution in [0.1, 0.15) is 129 Å². The molecule has 0 aromatic rings. The van der Waals surface area contributed by atoms with Gasteiger partial charge in [0.25, 0.3) is 0 Å². The predicted octanol–water partition coefficient (Wildman–Crippen LogP) is 10.6. The molecule has 49 heavy (non-hydrogen) atoms. The second-order valence-corrected chi connectivity index (χ2v) is 15.0. The van der Waals surface area contributed by atoms with E-state index in [0.717, 1.165) is 89.9 Å². The van der Waals surface area contributed by atoms with E-state index < -0.39 is 13.9 Å². The lowest BCUT2D eigenvalue weighted by Gasteiger charge is -2.24. The van der Waals surface area contributed by atoms with Gasteiger partial charge in [-0.05, 0) is 57.8 Å². The highest BCUT2D eigenvalue weighted by molar-refractivity contribution is 7.47. The lowest BCUT2D eigenvalue weighted by atomic mass is 10.1. The number of nitrogens with zero attached hydrogens (tertiary/aromatic N) is 1. The molecule has 284 valence electrons. The van der Waals surface area contributed by atoms with Crippen LogP contribution in [0.5, 0.6) is 0 Å². The quantitative estimate of drug-likeness (QED) is 0.0234. The van der Waals surface area contributed by atoms with Gasteiger partial charge in [0.05, 0.1) is 34.4 Å². The zero-order valence-electron chi connectivity index (χ0n) is 31.9. The molecule has 9 heteroatoms. The van der Waals surface area contributed by atoms with Crippen molar-refractivity contribution in [1.29, 1.82) is 0 Å². The molecule has 0 aliphatic carbocycles. The summed E-state index contributed by atoms with van der Waals surface area (Å²) in [5.74, 6) is -0.336. The summed E-state index contributed by atoms with van der Waals surface area (Å²) >= 11 is 0. The van der Waals surface area contributed by atoms with E-state index in [2.05, 4.69) is 74.6 Å². The Morgan fingerprint density at radius 1 is 0.653 bits per heavy atom. The van der Waals surface area contributed by atoms with Crippen molar-refractivity contribution >= 4 is 13.8 Å². The molecule has 0 radical (unpaired) electrons.